The Morgan fingerprint density at radius 3 is 0.845 bits per heavy atom. The van der Waals surface area contributed by atoms with Crippen molar-refractivity contribution in [3.8, 4) is 0 Å². The van der Waals surface area contributed by atoms with Gasteiger partial charge in [0.1, 0.15) is 19.3 Å². The summed E-state index contributed by atoms with van der Waals surface area (Å²) in [5.41, 5.74) is 0. The molecule has 0 aromatic rings. The molecule has 0 aliphatic rings. The number of aliphatic hydroxyl groups excluding tert-OH is 1. The molecule has 498 valence electrons. The van der Waals surface area contributed by atoms with E-state index < -0.39 is 97.5 Å². The molecular weight excluding hydrogens is 1110 g/mol. The van der Waals surface area contributed by atoms with Crippen molar-refractivity contribution < 1.29 is 80.2 Å². The third-order valence-corrected chi connectivity index (χ3v) is 17.3. The lowest BCUT2D eigenvalue weighted by molar-refractivity contribution is -0.161. The zero-order valence-corrected chi connectivity index (χ0v) is 55.8. The van der Waals surface area contributed by atoms with Crippen molar-refractivity contribution in [1.29, 1.82) is 0 Å². The Balaban J connectivity index is 5.15. The van der Waals surface area contributed by atoms with Crippen molar-refractivity contribution in [2.75, 3.05) is 39.6 Å². The van der Waals surface area contributed by atoms with E-state index in [-0.39, 0.29) is 25.7 Å². The van der Waals surface area contributed by atoms with Crippen LogP contribution in [0.25, 0.3) is 0 Å². The monoisotopic (exact) mass is 1240 g/mol. The van der Waals surface area contributed by atoms with Gasteiger partial charge in [-0.05, 0) is 31.6 Å². The van der Waals surface area contributed by atoms with E-state index >= 15 is 0 Å². The fourth-order valence-electron chi connectivity index (χ4n) is 9.73. The highest BCUT2D eigenvalue weighted by molar-refractivity contribution is 7.47. The second-order valence-corrected chi connectivity index (χ2v) is 26.7. The number of carbonyl (C=O) groups excluding carboxylic acids is 4. The SMILES string of the molecule is CCCCCCCCCCCCCCC(=O)OC[C@H](COP(=O)(O)OC[C@@H](O)COP(=O)(O)OC[C@@H](COC(=O)CCCCCCCCC)OC(=O)CCCCCCCCC)OC(=O)CCCCCCCCCCCCCCCCC(C)CC. The molecule has 0 aliphatic carbocycles. The molecule has 0 aromatic carbocycles. The fraction of sp³-hybridized carbons (Fsp3) is 0.938. The quantitative estimate of drug-likeness (QED) is 0.0222. The number of rotatable bonds is 65. The van der Waals surface area contributed by atoms with Crippen molar-refractivity contribution in [3.63, 3.8) is 0 Å². The first-order chi connectivity index (χ1) is 40.6. The summed E-state index contributed by atoms with van der Waals surface area (Å²) in [4.78, 5) is 72.0. The van der Waals surface area contributed by atoms with Gasteiger partial charge in [0, 0.05) is 25.7 Å². The molecule has 0 amide bonds. The van der Waals surface area contributed by atoms with E-state index in [1.165, 1.54) is 128 Å². The summed E-state index contributed by atoms with van der Waals surface area (Å²) in [6, 6.07) is 0. The first-order valence-corrected chi connectivity index (χ1v) is 37.2. The van der Waals surface area contributed by atoms with Crippen LogP contribution >= 0.6 is 15.6 Å². The Bertz CT molecular complexity index is 1640. The number of carbonyl (C=O) groups is 4. The van der Waals surface area contributed by atoms with Crippen LogP contribution in [-0.2, 0) is 65.4 Å². The molecule has 19 heteroatoms. The number of hydrogen-bond donors (Lipinski definition) is 3. The minimum atomic E-state index is -4.94. The fourth-order valence-corrected chi connectivity index (χ4v) is 11.3. The standard InChI is InChI=1S/C65H126O17P2/c1-6-10-13-16-19-20-21-27-30-35-39-44-49-63(68)76-55-61(82-65(70)51-46-41-36-31-28-25-23-22-24-26-29-34-37-42-47-58(5)9-4)57-80-84(73,74)78-53-59(66)52-77-83(71,72)79-56-60(81-64(69)50-45-40-33-18-15-12-8-3)54-75-62(67)48-43-38-32-17-14-11-7-2/h58-61,66H,6-57H2,1-5H3,(H,71,72)(H,73,74)/t58?,59-,60+,61+/m0/s1. The predicted octanol–water partition coefficient (Wildman–Crippen LogP) is 18.2. The Kier molecular flexibility index (Phi) is 57.4. The molecule has 0 rings (SSSR count). The zero-order chi connectivity index (χ0) is 62.0. The van der Waals surface area contributed by atoms with Gasteiger partial charge in [-0.25, -0.2) is 9.13 Å². The molecule has 84 heavy (non-hydrogen) atoms. The van der Waals surface area contributed by atoms with Gasteiger partial charge < -0.3 is 33.8 Å². The van der Waals surface area contributed by atoms with Crippen LogP contribution in [0.2, 0.25) is 0 Å². The number of phosphoric acid groups is 2. The van der Waals surface area contributed by atoms with Crippen molar-refractivity contribution in [3.05, 3.63) is 0 Å². The Morgan fingerprint density at radius 1 is 0.333 bits per heavy atom. The summed E-state index contributed by atoms with van der Waals surface area (Å²) in [5.74, 6) is -1.29. The minimum absolute atomic E-state index is 0.104. The van der Waals surface area contributed by atoms with Crippen LogP contribution in [0, 0.1) is 5.92 Å². The van der Waals surface area contributed by atoms with Crippen LogP contribution in [0.3, 0.4) is 0 Å². The number of hydrogen-bond acceptors (Lipinski definition) is 15. The summed E-state index contributed by atoms with van der Waals surface area (Å²) < 4.78 is 67.8. The zero-order valence-electron chi connectivity index (χ0n) is 54.0. The Morgan fingerprint density at radius 2 is 0.571 bits per heavy atom. The maximum absolute atomic E-state index is 13.0. The second kappa shape index (κ2) is 58.7. The first kappa shape index (κ1) is 82.1. The molecular formula is C65H126O17P2. The highest BCUT2D eigenvalue weighted by Crippen LogP contribution is 2.45. The van der Waals surface area contributed by atoms with Gasteiger partial charge in [-0.3, -0.25) is 37.3 Å². The molecule has 0 bridgehead atoms. The average molecular weight is 1240 g/mol. The lowest BCUT2D eigenvalue weighted by Gasteiger charge is -2.21. The number of esters is 4. The average Bonchev–Trinajstić information content (AvgIpc) is 3.65. The van der Waals surface area contributed by atoms with Crippen LogP contribution in [0.4, 0.5) is 0 Å². The van der Waals surface area contributed by atoms with Crippen LogP contribution in [-0.4, -0.2) is 96.7 Å². The van der Waals surface area contributed by atoms with Crippen molar-refractivity contribution in [1.82, 2.24) is 0 Å². The summed E-state index contributed by atoms with van der Waals surface area (Å²) in [6.07, 6.45) is 43.2. The van der Waals surface area contributed by atoms with Crippen LogP contribution in [0.1, 0.15) is 330 Å². The molecule has 3 unspecified atom stereocenters. The highest BCUT2D eigenvalue weighted by Gasteiger charge is 2.30. The van der Waals surface area contributed by atoms with Crippen LogP contribution in [0.5, 0.6) is 0 Å². The lowest BCUT2D eigenvalue weighted by atomic mass is 9.99. The van der Waals surface area contributed by atoms with Crippen molar-refractivity contribution in [2.45, 2.75) is 348 Å². The number of aliphatic hydroxyl groups is 1. The van der Waals surface area contributed by atoms with Gasteiger partial charge in [0.15, 0.2) is 12.2 Å². The molecule has 0 spiro atoms. The summed E-state index contributed by atoms with van der Waals surface area (Å²) in [6.45, 7) is 7.17. The van der Waals surface area contributed by atoms with Crippen molar-refractivity contribution >= 4 is 39.5 Å². The normalized spacial score (nSPS) is 14.5. The lowest BCUT2D eigenvalue weighted by Crippen LogP contribution is -2.30. The summed E-state index contributed by atoms with van der Waals surface area (Å²) in [5, 5.41) is 10.5. The van der Waals surface area contributed by atoms with E-state index in [1.54, 1.807) is 0 Å². The smallest absolute Gasteiger partial charge is 0.462 e. The maximum Gasteiger partial charge on any atom is 0.472 e. The van der Waals surface area contributed by atoms with Crippen molar-refractivity contribution in [2.24, 2.45) is 5.92 Å². The van der Waals surface area contributed by atoms with Crippen LogP contribution in [0.15, 0.2) is 0 Å². The molecule has 6 atom stereocenters. The van der Waals surface area contributed by atoms with Gasteiger partial charge in [0.2, 0.25) is 0 Å². The van der Waals surface area contributed by atoms with E-state index in [9.17, 15) is 43.2 Å². The third-order valence-electron chi connectivity index (χ3n) is 15.4. The largest absolute Gasteiger partial charge is 0.472 e. The first-order valence-electron chi connectivity index (χ1n) is 34.2. The number of ether oxygens (including phenoxy) is 4. The molecule has 0 radical (unpaired) electrons. The van der Waals surface area contributed by atoms with Gasteiger partial charge >= 0.3 is 39.5 Å². The molecule has 0 saturated carbocycles. The second-order valence-electron chi connectivity index (χ2n) is 23.7. The van der Waals surface area contributed by atoms with E-state index in [0.29, 0.717) is 25.7 Å². The van der Waals surface area contributed by atoms with Gasteiger partial charge in [-0.1, -0.05) is 279 Å². The topological polar surface area (TPSA) is 237 Å². The molecule has 0 heterocycles. The molecule has 0 fully saturated rings. The molecule has 0 aromatic heterocycles. The number of unbranched alkanes of at least 4 members (excludes halogenated alkanes) is 36. The Hall–Kier alpha value is -1.94. The molecule has 0 aliphatic heterocycles. The minimum Gasteiger partial charge on any atom is -0.462 e. The van der Waals surface area contributed by atoms with Gasteiger partial charge in [0.25, 0.3) is 0 Å². The summed E-state index contributed by atoms with van der Waals surface area (Å²) in [7, 11) is -9.88. The van der Waals surface area contributed by atoms with Gasteiger partial charge in [-0.15, -0.1) is 0 Å². The van der Waals surface area contributed by atoms with E-state index in [1.807, 2.05) is 0 Å². The van der Waals surface area contributed by atoms with E-state index in [2.05, 4.69) is 34.6 Å². The molecule has 17 nitrogen and oxygen atoms in total. The highest BCUT2D eigenvalue weighted by atomic mass is 31.2. The maximum atomic E-state index is 13.0. The predicted molar refractivity (Wildman–Crippen MR) is 335 cm³/mol. The van der Waals surface area contributed by atoms with E-state index in [0.717, 1.165) is 121 Å². The Labute approximate surface area is 511 Å². The van der Waals surface area contributed by atoms with Gasteiger partial charge in [-0.2, -0.15) is 0 Å². The van der Waals surface area contributed by atoms with E-state index in [4.69, 9.17) is 37.0 Å². The van der Waals surface area contributed by atoms with Gasteiger partial charge in [0.05, 0.1) is 26.4 Å². The number of phosphoric ester groups is 2. The summed E-state index contributed by atoms with van der Waals surface area (Å²) >= 11 is 0. The van der Waals surface area contributed by atoms with Crippen LogP contribution < -0.4 is 0 Å². The molecule has 3 N–H and O–H groups in total. The molecule has 0 saturated heterocycles. The third kappa shape index (κ3) is 57.8.